The standard InChI is InChI=1S/C26H27F5N4O3S/c1-25(2)12-17(18-13-32-21-11-20(28)33-35(21)22(18)25)15-4-5-16(19(27)10-15)23(26(29,30)31)34(3)24(36)14-6-8-39(37,38)9-7-14/h4-5,10-11,13-14,17,23H,6-9,12H2,1-3H3/t17-,23-/m0/s1. The molecule has 1 aliphatic heterocycles. The van der Waals surface area contributed by atoms with E-state index < -0.39 is 62.5 Å². The molecule has 0 bridgehead atoms. The summed E-state index contributed by atoms with van der Waals surface area (Å²) in [5, 5.41) is 3.89. The Morgan fingerprint density at radius 1 is 1.15 bits per heavy atom. The van der Waals surface area contributed by atoms with Crippen LogP contribution in [-0.4, -0.2) is 58.6 Å². The monoisotopic (exact) mass is 570 g/mol. The van der Waals surface area contributed by atoms with Crippen LogP contribution in [0, 0.1) is 17.7 Å². The predicted molar refractivity (Wildman–Crippen MR) is 132 cm³/mol. The summed E-state index contributed by atoms with van der Waals surface area (Å²) < 4.78 is 96.8. The molecular formula is C26H27F5N4O3S. The maximum Gasteiger partial charge on any atom is 0.413 e. The summed E-state index contributed by atoms with van der Waals surface area (Å²) in [7, 11) is -2.35. The van der Waals surface area contributed by atoms with Crippen LogP contribution in [0.2, 0.25) is 0 Å². The van der Waals surface area contributed by atoms with Gasteiger partial charge in [-0.3, -0.25) is 4.79 Å². The van der Waals surface area contributed by atoms with Crippen LogP contribution in [0.5, 0.6) is 0 Å². The lowest BCUT2D eigenvalue weighted by atomic mass is 9.86. The lowest BCUT2D eigenvalue weighted by Gasteiger charge is -2.34. The van der Waals surface area contributed by atoms with Crippen LogP contribution in [0.1, 0.15) is 67.5 Å². The molecule has 1 aliphatic carbocycles. The van der Waals surface area contributed by atoms with Crippen LogP contribution < -0.4 is 0 Å². The molecule has 7 nitrogen and oxygen atoms in total. The maximum absolute atomic E-state index is 15.5. The molecule has 0 saturated carbocycles. The summed E-state index contributed by atoms with van der Waals surface area (Å²) in [5.74, 6) is -4.55. The molecule has 2 aliphatic rings. The number of alkyl halides is 3. The zero-order valence-corrected chi connectivity index (χ0v) is 22.3. The lowest BCUT2D eigenvalue weighted by molar-refractivity contribution is -0.191. The molecule has 1 saturated heterocycles. The topological polar surface area (TPSA) is 84.6 Å². The summed E-state index contributed by atoms with van der Waals surface area (Å²) in [6.07, 6.45) is -3.09. The number of amides is 1. The van der Waals surface area contributed by atoms with E-state index in [-0.39, 0.29) is 24.3 Å². The highest BCUT2D eigenvalue weighted by atomic mass is 32.2. The summed E-state index contributed by atoms with van der Waals surface area (Å²) in [4.78, 5) is 17.7. The fraction of sp³-hybridized carbons (Fsp3) is 0.500. The lowest BCUT2D eigenvalue weighted by Crippen LogP contribution is -2.44. The molecule has 3 aromatic rings. The smallest absolute Gasteiger partial charge is 0.330 e. The molecule has 1 aromatic carbocycles. The average molecular weight is 571 g/mol. The fourth-order valence-corrected chi connectivity index (χ4v) is 7.50. The number of carbonyl (C=O) groups excluding carboxylic acids is 1. The van der Waals surface area contributed by atoms with Gasteiger partial charge in [0, 0.05) is 47.7 Å². The first kappa shape index (κ1) is 27.5. The van der Waals surface area contributed by atoms with Crippen LogP contribution in [0.25, 0.3) is 5.65 Å². The summed E-state index contributed by atoms with van der Waals surface area (Å²) >= 11 is 0. The minimum absolute atomic E-state index is 0.0736. The molecule has 0 unspecified atom stereocenters. The van der Waals surface area contributed by atoms with E-state index in [0.29, 0.717) is 33.8 Å². The van der Waals surface area contributed by atoms with Gasteiger partial charge in [0.25, 0.3) is 0 Å². The van der Waals surface area contributed by atoms with Crippen molar-refractivity contribution in [2.75, 3.05) is 18.6 Å². The van der Waals surface area contributed by atoms with Crippen molar-refractivity contribution in [3.05, 3.63) is 64.6 Å². The molecule has 210 valence electrons. The number of sulfone groups is 1. The van der Waals surface area contributed by atoms with Crippen LogP contribution in [0.4, 0.5) is 22.0 Å². The first-order valence-corrected chi connectivity index (χ1v) is 14.3. The number of aromatic nitrogens is 3. The van der Waals surface area contributed by atoms with Gasteiger partial charge in [0.1, 0.15) is 15.7 Å². The molecule has 0 spiro atoms. The van der Waals surface area contributed by atoms with E-state index in [4.69, 9.17) is 0 Å². The van der Waals surface area contributed by atoms with Gasteiger partial charge in [-0.25, -0.2) is 22.3 Å². The van der Waals surface area contributed by atoms with Crippen LogP contribution >= 0.6 is 0 Å². The molecule has 0 radical (unpaired) electrons. The number of fused-ring (bicyclic) bond motifs is 3. The van der Waals surface area contributed by atoms with Gasteiger partial charge in [-0.1, -0.05) is 26.0 Å². The van der Waals surface area contributed by atoms with Crippen molar-refractivity contribution < 1.29 is 35.2 Å². The van der Waals surface area contributed by atoms with E-state index in [0.717, 1.165) is 19.2 Å². The van der Waals surface area contributed by atoms with Gasteiger partial charge in [-0.15, -0.1) is 5.10 Å². The Hall–Kier alpha value is -3.09. The number of hydrogen-bond acceptors (Lipinski definition) is 5. The van der Waals surface area contributed by atoms with Gasteiger partial charge in [0.15, 0.2) is 11.7 Å². The molecule has 39 heavy (non-hydrogen) atoms. The number of carbonyl (C=O) groups is 1. The highest BCUT2D eigenvalue weighted by Crippen LogP contribution is 2.49. The van der Waals surface area contributed by atoms with E-state index >= 15 is 4.39 Å². The molecule has 13 heteroatoms. The second-order valence-electron chi connectivity index (χ2n) is 11.0. The number of nitrogens with zero attached hydrogens (tertiary/aromatic N) is 4. The fourth-order valence-electron chi connectivity index (χ4n) is 6.00. The molecule has 3 heterocycles. The third-order valence-corrected chi connectivity index (χ3v) is 9.60. The van der Waals surface area contributed by atoms with Crippen molar-refractivity contribution in [3.63, 3.8) is 0 Å². The van der Waals surface area contributed by atoms with Gasteiger partial charge >= 0.3 is 6.18 Å². The third kappa shape index (κ3) is 4.89. The second-order valence-corrected chi connectivity index (χ2v) is 13.3. The van der Waals surface area contributed by atoms with E-state index in [1.54, 1.807) is 6.20 Å². The maximum atomic E-state index is 15.5. The van der Waals surface area contributed by atoms with Crippen LogP contribution in [-0.2, 0) is 20.0 Å². The number of halogens is 5. The Labute approximate surface area is 221 Å². The zero-order chi connectivity index (χ0) is 28.5. The van der Waals surface area contributed by atoms with Gasteiger partial charge in [-0.2, -0.15) is 17.6 Å². The van der Waals surface area contributed by atoms with Crippen molar-refractivity contribution in [1.29, 1.82) is 0 Å². The second kappa shape index (κ2) is 9.24. The summed E-state index contributed by atoms with van der Waals surface area (Å²) in [5.41, 5.74) is 0.893. The van der Waals surface area contributed by atoms with Gasteiger partial charge < -0.3 is 4.90 Å². The highest BCUT2D eigenvalue weighted by Gasteiger charge is 2.48. The SMILES string of the molecule is CN(C(=O)C1CCS(=O)(=O)CC1)[C@@H](c1ccc([C@@H]2CC(C)(C)c3c2cnc2cc(F)nn32)cc1F)C(F)(F)F. The molecular weight excluding hydrogens is 543 g/mol. The van der Waals surface area contributed by atoms with Crippen molar-refractivity contribution in [2.45, 2.75) is 56.7 Å². The van der Waals surface area contributed by atoms with E-state index in [2.05, 4.69) is 10.1 Å². The largest absolute Gasteiger partial charge is 0.413 e. The Balaban J connectivity index is 1.48. The normalized spacial score (nSPS) is 21.6. The molecule has 5 rings (SSSR count). The predicted octanol–water partition coefficient (Wildman–Crippen LogP) is 4.71. The molecule has 1 fully saturated rings. The van der Waals surface area contributed by atoms with Crippen molar-refractivity contribution in [1.82, 2.24) is 19.5 Å². The Kier molecular flexibility index (Phi) is 6.51. The Morgan fingerprint density at radius 3 is 2.44 bits per heavy atom. The summed E-state index contributed by atoms with van der Waals surface area (Å²) in [6.45, 7) is 3.85. The minimum atomic E-state index is -4.98. The minimum Gasteiger partial charge on any atom is -0.330 e. The molecule has 2 atom stereocenters. The molecule has 1 amide bonds. The number of benzene rings is 1. The van der Waals surface area contributed by atoms with Crippen LogP contribution in [0.15, 0.2) is 30.5 Å². The third-order valence-electron chi connectivity index (χ3n) is 7.88. The Bertz CT molecular complexity index is 1550. The van der Waals surface area contributed by atoms with Gasteiger partial charge in [0.2, 0.25) is 11.9 Å². The van der Waals surface area contributed by atoms with E-state index in [9.17, 15) is 30.8 Å². The van der Waals surface area contributed by atoms with Gasteiger partial charge in [-0.05, 0) is 30.9 Å². The van der Waals surface area contributed by atoms with Crippen LogP contribution in [0.3, 0.4) is 0 Å². The van der Waals surface area contributed by atoms with Gasteiger partial charge in [0.05, 0.1) is 17.2 Å². The molecule has 2 aromatic heterocycles. The first-order valence-electron chi connectivity index (χ1n) is 12.5. The van der Waals surface area contributed by atoms with Crippen molar-refractivity contribution >= 4 is 21.4 Å². The highest BCUT2D eigenvalue weighted by molar-refractivity contribution is 7.91. The average Bonchev–Trinajstić information content (AvgIpc) is 3.34. The van der Waals surface area contributed by atoms with Crippen molar-refractivity contribution in [3.8, 4) is 0 Å². The Morgan fingerprint density at radius 2 is 1.82 bits per heavy atom. The molecule has 0 N–H and O–H groups in total. The van der Waals surface area contributed by atoms with E-state index in [1.165, 1.54) is 16.6 Å². The van der Waals surface area contributed by atoms with Crippen molar-refractivity contribution in [2.24, 2.45) is 5.92 Å². The first-order chi connectivity index (χ1) is 18.1. The zero-order valence-electron chi connectivity index (χ0n) is 21.5. The quantitative estimate of drug-likeness (QED) is 0.425. The van der Waals surface area contributed by atoms with E-state index in [1.807, 2.05) is 13.8 Å². The number of rotatable bonds is 4. The number of hydrogen-bond donors (Lipinski definition) is 0. The summed E-state index contributed by atoms with van der Waals surface area (Å²) in [6, 6.07) is 2.15.